The summed E-state index contributed by atoms with van der Waals surface area (Å²) >= 11 is 0. The van der Waals surface area contributed by atoms with Gasteiger partial charge >= 0.3 is 11.9 Å². The summed E-state index contributed by atoms with van der Waals surface area (Å²) in [6, 6.07) is 9.50. The Morgan fingerprint density at radius 2 is 2.00 bits per heavy atom. The van der Waals surface area contributed by atoms with E-state index in [1.807, 2.05) is 42.2 Å². The van der Waals surface area contributed by atoms with Crippen LogP contribution in [0.25, 0.3) is 0 Å². The Kier molecular flexibility index (Phi) is 5.33. The van der Waals surface area contributed by atoms with Crippen LogP contribution in [0.5, 0.6) is 0 Å². The molecule has 1 aliphatic rings. The van der Waals surface area contributed by atoms with E-state index in [-0.39, 0.29) is 31.0 Å². The van der Waals surface area contributed by atoms with E-state index in [9.17, 15) is 14.7 Å². The van der Waals surface area contributed by atoms with E-state index in [4.69, 9.17) is 4.74 Å². The summed E-state index contributed by atoms with van der Waals surface area (Å²) in [6.45, 7) is 3.47. The van der Waals surface area contributed by atoms with E-state index in [1.54, 1.807) is 0 Å². The molecular formula is C16H21NO4. The third-order valence-corrected chi connectivity index (χ3v) is 3.95. The Balaban J connectivity index is 1.79. The molecule has 1 aliphatic heterocycles. The number of carbonyl (C=O) groups is 2. The molecule has 0 saturated carbocycles. The largest absolute Gasteiger partial charge is 0.481 e. The van der Waals surface area contributed by atoms with Crippen LogP contribution in [0.3, 0.4) is 0 Å². The van der Waals surface area contributed by atoms with Crippen molar-refractivity contribution in [3.8, 4) is 0 Å². The maximum atomic E-state index is 11.8. The molecule has 1 aromatic rings. The van der Waals surface area contributed by atoms with Gasteiger partial charge in [0.25, 0.3) is 0 Å². The molecule has 0 aromatic heterocycles. The Hall–Kier alpha value is -1.88. The van der Waals surface area contributed by atoms with Gasteiger partial charge in [-0.05, 0) is 11.5 Å². The van der Waals surface area contributed by atoms with Crippen molar-refractivity contribution in [2.24, 2.45) is 11.8 Å². The van der Waals surface area contributed by atoms with Crippen molar-refractivity contribution >= 4 is 11.9 Å². The van der Waals surface area contributed by atoms with Gasteiger partial charge in [0.05, 0.1) is 12.5 Å². The van der Waals surface area contributed by atoms with Crippen LogP contribution in [-0.4, -0.2) is 41.6 Å². The topological polar surface area (TPSA) is 66.8 Å². The third kappa shape index (κ3) is 4.29. The predicted molar refractivity (Wildman–Crippen MR) is 77.6 cm³/mol. The molecule has 0 bridgehead atoms. The van der Waals surface area contributed by atoms with Gasteiger partial charge in [-0.25, -0.2) is 0 Å². The van der Waals surface area contributed by atoms with E-state index < -0.39 is 5.97 Å². The Morgan fingerprint density at radius 1 is 1.29 bits per heavy atom. The molecular weight excluding hydrogens is 270 g/mol. The van der Waals surface area contributed by atoms with Crippen molar-refractivity contribution in [3.63, 3.8) is 0 Å². The van der Waals surface area contributed by atoms with E-state index in [2.05, 4.69) is 0 Å². The lowest BCUT2D eigenvalue weighted by molar-refractivity contribution is -0.147. The number of aliphatic carboxylic acids is 1. The van der Waals surface area contributed by atoms with Crippen molar-refractivity contribution in [1.29, 1.82) is 0 Å². The molecule has 21 heavy (non-hydrogen) atoms. The molecule has 1 saturated heterocycles. The normalized spacial score (nSPS) is 22.1. The highest BCUT2D eigenvalue weighted by Gasteiger charge is 2.37. The molecule has 0 amide bonds. The average Bonchev–Trinajstić information content (AvgIpc) is 2.89. The fourth-order valence-electron chi connectivity index (χ4n) is 2.75. The second-order valence-corrected chi connectivity index (χ2v) is 5.45. The number of benzene rings is 1. The number of carbonyl (C=O) groups excluding carboxylic acids is 1. The van der Waals surface area contributed by atoms with Crippen LogP contribution in [-0.2, 0) is 20.9 Å². The molecule has 1 fully saturated rings. The zero-order valence-corrected chi connectivity index (χ0v) is 12.2. The van der Waals surface area contributed by atoms with Crippen LogP contribution in [0.4, 0.5) is 0 Å². The lowest BCUT2D eigenvalue weighted by atomic mass is 9.94. The molecule has 114 valence electrons. The summed E-state index contributed by atoms with van der Waals surface area (Å²) in [6.07, 6.45) is 0.812. The number of rotatable bonds is 6. The third-order valence-electron chi connectivity index (χ3n) is 3.95. The first-order chi connectivity index (χ1) is 10.1. The van der Waals surface area contributed by atoms with Gasteiger partial charge in [0.15, 0.2) is 0 Å². The predicted octanol–water partition coefficient (Wildman–Crippen LogP) is 1.77. The molecule has 0 spiro atoms. The molecule has 1 N–H and O–H groups in total. The summed E-state index contributed by atoms with van der Waals surface area (Å²) in [4.78, 5) is 24.9. The monoisotopic (exact) mass is 291 g/mol. The van der Waals surface area contributed by atoms with Gasteiger partial charge in [-0.3, -0.25) is 14.5 Å². The van der Waals surface area contributed by atoms with Crippen LogP contribution >= 0.6 is 0 Å². The number of likely N-dealkylation sites (tertiary alicyclic amines) is 1. The average molecular weight is 291 g/mol. The van der Waals surface area contributed by atoms with Crippen LogP contribution in [0, 0.1) is 11.8 Å². The minimum Gasteiger partial charge on any atom is -0.481 e. The summed E-state index contributed by atoms with van der Waals surface area (Å²) in [7, 11) is 0. The van der Waals surface area contributed by atoms with Gasteiger partial charge in [0.2, 0.25) is 0 Å². The SMILES string of the molecule is CCC1CN(CC(=O)OCc2ccccc2)C[C@@H]1C(=O)O. The number of esters is 1. The fourth-order valence-corrected chi connectivity index (χ4v) is 2.75. The maximum absolute atomic E-state index is 11.8. The molecule has 5 heteroatoms. The number of carboxylic acids is 1. The smallest absolute Gasteiger partial charge is 0.320 e. The Labute approximate surface area is 124 Å². The first-order valence-electron chi connectivity index (χ1n) is 7.24. The zero-order chi connectivity index (χ0) is 15.2. The number of carboxylic acid groups (broad SMARTS) is 1. The summed E-state index contributed by atoms with van der Waals surface area (Å²) in [5, 5.41) is 9.18. The van der Waals surface area contributed by atoms with E-state index in [0.717, 1.165) is 12.0 Å². The zero-order valence-electron chi connectivity index (χ0n) is 12.2. The quantitative estimate of drug-likeness (QED) is 0.809. The summed E-state index contributed by atoms with van der Waals surface area (Å²) < 4.78 is 5.23. The van der Waals surface area contributed by atoms with Crippen LogP contribution in [0.1, 0.15) is 18.9 Å². The van der Waals surface area contributed by atoms with Crippen molar-refractivity contribution in [1.82, 2.24) is 4.90 Å². The second-order valence-electron chi connectivity index (χ2n) is 5.45. The lowest BCUT2D eigenvalue weighted by Gasteiger charge is -2.14. The Morgan fingerprint density at radius 3 is 2.57 bits per heavy atom. The molecule has 1 heterocycles. The molecule has 1 aromatic carbocycles. The van der Waals surface area contributed by atoms with Gasteiger partial charge in [-0.15, -0.1) is 0 Å². The van der Waals surface area contributed by atoms with Gasteiger partial charge in [-0.2, -0.15) is 0 Å². The number of ether oxygens (including phenoxy) is 1. The first kappa shape index (κ1) is 15.5. The fraction of sp³-hybridized carbons (Fsp3) is 0.500. The summed E-state index contributed by atoms with van der Waals surface area (Å²) in [5.41, 5.74) is 0.946. The number of hydrogen-bond donors (Lipinski definition) is 1. The molecule has 5 nitrogen and oxygen atoms in total. The van der Waals surface area contributed by atoms with Crippen molar-refractivity contribution in [2.45, 2.75) is 20.0 Å². The van der Waals surface area contributed by atoms with Gasteiger partial charge in [0, 0.05) is 13.1 Å². The van der Waals surface area contributed by atoms with Gasteiger partial charge < -0.3 is 9.84 Å². The molecule has 2 atom stereocenters. The minimum atomic E-state index is -0.776. The van der Waals surface area contributed by atoms with Gasteiger partial charge in [0.1, 0.15) is 6.61 Å². The number of hydrogen-bond acceptors (Lipinski definition) is 4. The molecule has 2 rings (SSSR count). The first-order valence-corrected chi connectivity index (χ1v) is 7.24. The van der Waals surface area contributed by atoms with Crippen molar-refractivity contribution in [3.05, 3.63) is 35.9 Å². The highest BCUT2D eigenvalue weighted by molar-refractivity contribution is 5.73. The minimum absolute atomic E-state index is 0.115. The van der Waals surface area contributed by atoms with E-state index >= 15 is 0 Å². The van der Waals surface area contributed by atoms with E-state index in [0.29, 0.717) is 13.1 Å². The molecule has 0 aliphatic carbocycles. The van der Waals surface area contributed by atoms with Crippen molar-refractivity contribution < 1.29 is 19.4 Å². The van der Waals surface area contributed by atoms with Crippen LogP contribution in [0.15, 0.2) is 30.3 Å². The van der Waals surface area contributed by atoms with Crippen LogP contribution in [0.2, 0.25) is 0 Å². The van der Waals surface area contributed by atoms with E-state index in [1.165, 1.54) is 0 Å². The standard InChI is InChI=1S/C16H21NO4/c1-2-13-8-17(9-14(13)16(19)20)10-15(18)21-11-12-6-4-3-5-7-12/h3-7,13-14H,2,8-11H2,1H3,(H,19,20)/t13?,14-/m0/s1. The lowest BCUT2D eigenvalue weighted by Crippen LogP contribution is -2.30. The summed E-state index contributed by atoms with van der Waals surface area (Å²) in [5.74, 6) is -1.34. The Bertz CT molecular complexity index is 488. The highest BCUT2D eigenvalue weighted by atomic mass is 16.5. The number of nitrogens with zero attached hydrogens (tertiary/aromatic N) is 1. The van der Waals surface area contributed by atoms with Gasteiger partial charge in [-0.1, -0.05) is 43.7 Å². The second kappa shape index (κ2) is 7.22. The molecule has 1 unspecified atom stereocenters. The van der Waals surface area contributed by atoms with Crippen LogP contribution < -0.4 is 0 Å². The highest BCUT2D eigenvalue weighted by Crippen LogP contribution is 2.26. The molecule has 0 radical (unpaired) electrons. The van der Waals surface area contributed by atoms with Crippen molar-refractivity contribution in [2.75, 3.05) is 19.6 Å². The maximum Gasteiger partial charge on any atom is 0.320 e.